The molecule has 1 atom stereocenters. The maximum absolute atomic E-state index is 10.4. The topological polar surface area (TPSA) is 77.3 Å². The lowest BCUT2D eigenvalue weighted by molar-refractivity contribution is -0.339. The molecule has 0 saturated carbocycles. The van der Waals surface area contributed by atoms with Crippen LogP contribution < -0.4 is 0 Å². The van der Waals surface area contributed by atoms with Gasteiger partial charge < -0.3 is 14.8 Å². The van der Waals surface area contributed by atoms with Gasteiger partial charge in [-0.05, 0) is 13.8 Å². The van der Waals surface area contributed by atoms with E-state index >= 15 is 0 Å². The lowest BCUT2D eigenvalue weighted by Gasteiger charge is -2.08. The number of nitrogens with zero attached hydrogens (tertiary/aromatic N) is 1. The van der Waals surface area contributed by atoms with Gasteiger partial charge in [0.2, 0.25) is 0 Å². The van der Waals surface area contributed by atoms with Crippen LogP contribution in [0.3, 0.4) is 0 Å². The molecule has 0 spiro atoms. The molecule has 0 rings (SSSR count). The Morgan fingerprint density at radius 1 is 1.62 bits per heavy atom. The van der Waals surface area contributed by atoms with Crippen LogP contribution in [0.15, 0.2) is 18.0 Å². The zero-order valence-corrected chi connectivity index (χ0v) is 7.39. The van der Waals surface area contributed by atoms with E-state index in [0.29, 0.717) is 5.71 Å². The third kappa shape index (κ3) is 5.68. The number of hydrogen-bond donors (Lipinski definition) is 1. The number of carboxylic acid groups (broad SMARTS) is 1. The zero-order valence-electron chi connectivity index (χ0n) is 7.39. The molecule has 6 heteroatoms. The Labute approximate surface area is 75.3 Å². The molecule has 0 fully saturated rings. The molecule has 0 saturated heterocycles. The SMILES string of the molecule is C=COO[C@H](ON=C(C)C)C(=O)O. The highest BCUT2D eigenvalue weighted by Crippen LogP contribution is 1.97. The van der Waals surface area contributed by atoms with E-state index in [4.69, 9.17) is 5.11 Å². The maximum atomic E-state index is 10.4. The Morgan fingerprint density at radius 3 is 2.62 bits per heavy atom. The lowest BCUT2D eigenvalue weighted by Crippen LogP contribution is -2.25. The fourth-order valence-electron chi connectivity index (χ4n) is 0.347. The summed E-state index contributed by atoms with van der Waals surface area (Å²) in [6, 6.07) is 0. The van der Waals surface area contributed by atoms with E-state index in [0.717, 1.165) is 6.26 Å². The first-order valence-corrected chi connectivity index (χ1v) is 3.40. The Morgan fingerprint density at radius 2 is 2.23 bits per heavy atom. The van der Waals surface area contributed by atoms with E-state index in [1.807, 2.05) is 0 Å². The van der Waals surface area contributed by atoms with E-state index < -0.39 is 12.3 Å². The molecule has 0 bridgehead atoms. The van der Waals surface area contributed by atoms with Crippen molar-refractivity contribution in [2.45, 2.75) is 20.1 Å². The van der Waals surface area contributed by atoms with Crippen LogP contribution in [0.25, 0.3) is 0 Å². The minimum atomic E-state index is -1.59. The van der Waals surface area contributed by atoms with Gasteiger partial charge >= 0.3 is 12.3 Å². The molecule has 6 nitrogen and oxygen atoms in total. The minimum Gasteiger partial charge on any atom is -0.476 e. The summed E-state index contributed by atoms with van der Waals surface area (Å²) < 4.78 is 0. The van der Waals surface area contributed by atoms with Crippen molar-refractivity contribution >= 4 is 11.7 Å². The Balaban J connectivity index is 4.02. The number of carbonyl (C=O) groups is 1. The molecule has 0 aromatic carbocycles. The van der Waals surface area contributed by atoms with Crippen LogP contribution in [-0.2, 0) is 19.4 Å². The molecule has 0 unspecified atom stereocenters. The summed E-state index contributed by atoms with van der Waals surface area (Å²) in [5, 5.41) is 11.9. The fraction of sp³-hybridized carbons (Fsp3) is 0.429. The Hall–Kier alpha value is -1.56. The largest absolute Gasteiger partial charge is 0.476 e. The van der Waals surface area contributed by atoms with Crippen molar-refractivity contribution in [3.63, 3.8) is 0 Å². The normalized spacial score (nSPS) is 11.2. The van der Waals surface area contributed by atoms with Crippen molar-refractivity contribution in [3.8, 4) is 0 Å². The standard InChI is InChI=1S/C7H11NO5/c1-4-11-13-7(6(9)10)12-8-5(2)3/h4,7H,1H2,2-3H3,(H,9,10)/t7-/m0/s1. The predicted molar refractivity (Wildman–Crippen MR) is 43.7 cm³/mol. The molecular formula is C7H11NO5. The number of rotatable bonds is 6. The molecule has 0 heterocycles. The van der Waals surface area contributed by atoms with Gasteiger partial charge in [-0.25, -0.2) is 4.79 Å². The molecule has 1 N–H and O–H groups in total. The molecule has 0 aromatic heterocycles. The summed E-state index contributed by atoms with van der Waals surface area (Å²) >= 11 is 0. The first kappa shape index (κ1) is 11.4. The maximum Gasteiger partial charge on any atom is 0.380 e. The van der Waals surface area contributed by atoms with Gasteiger partial charge in [0.1, 0.15) is 6.26 Å². The van der Waals surface area contributed by atoms with Crippen molar-refractivity contribution in [1.82, 2.24) is 0 Å². The smallest absolute Gasteiger partial charge is 0.380 e. The van der Waals surface area contributed by atoms with Crippen LogP contribution in [0, 0.1) is 0 Å². The van der Waals surface area contributed by atoms with Gasteiger partial charge in [0, 0.05) is 0 Å². The second-order valence-corrected chi connectivity index (χ2v) is 2.17. The number of carboxylic acids is 1. The molecule has 74 valence electrons. The van der Waals surface area contributed by atoms with Crippen molar-refractivity contribution in [2.75, 3.05) is 0 Å². The molecule has 0 aliphatic carbocycles. The van der Waals surface area contributed by atoms with E-state index in [1.54, 1.807) is 13.8 Å². The quantitative estimate of drug-likeness (QED) is 0.221. The average molecular weight is 189 g/mol. The van der Waals surface area contributed by atoms with Crippen LogP contribution in [0.4, 0.5) is 0 Å². The van der Waals surface area contributed by atoms with Crippen LogP contribution >= 0.6 is 0 Å². The minimum absolute atomic E-state index is 0.563. The fourth-order valence-corrected chi connectivity index (χ4v) is 0.347. The van der Waals surface area contributed by atoms with Gasteiger partial charge in [-0.1, -0.05) is 11.7 Å². The third-order valence-electron chi connectivity index (χ3n) is 0.744. The van der Waals surface area contributed by atoms with E-state index in [1.165, 1.54) is 0 Å². The number of oxime groups is 1. The Kier molecular flexibility index (Phi) is 5.29. The van der Waals surface area contributed by atoms with E-state index in [9.17, 15) is 4.79 Å². The summed E-state index contributed by atoms with van der Waals surface area (Å²) in [7, 11) is 0. The van der Waals surface area contributed by atoms with Crippen molar-refractivity contribution in [2.24, 2.45) is 5.16 Å². The summed E-state index contributed by atoms with van der Waals surface area (Å²) in [5.74, 6) is -1.34. The third-order valence-corrected chi connectivity index (χ3v) is 0.744. The number of aliphatic carboxylic acids is 1. The second kappa shape index (κ2) is 6.01. The van der Waals surface area contributed by atoms with E-state index in [-0.39, 0.29) is 0 Å². The highest BCUT2D eigenvalue weighted by atomic mass is 17.2. The van der Waals surface area contributed by atoms with Crippen LogP contribution in [-0.4, -0.2) is 23.1 Å². The summed E-state index contributed by atoms with van der Waals surface area (Å²) in [4.78, 5) is 23.3. The molecule has 0 aromatic rings. The average Bonchev–Trinajstić information content (AvgIpc) is 2.03. The monoisotopic (exact) mass is 189 g/mol. The summed E-state index contributed by atoms with van der Waals surface area (Å²) in [6.07, 6.45) is -0.658. The predicted octanol–water partition coefficient (Wildman–Crippen LogP) is 0.901. The summed E-state index contributed by atoms with van der Waals surface area (Å²) in [6.45, 7) is 6.45. The van der Waals surface area contributed by atoms with Gasteiger partial charge in [-0.2, -0.15) is 0 Å². The van der Waals surface area contributed by atoms with Crippen LogP contribution in [0.5, 0.6) is 0 Å². The second-order valence-electron chi connectivity index (χ2n) is 2.17. The van der Waals surface area contributed by atoms with Crippen molar-refractivity contribution in [1.29, 1.82) is 0 Å². The highest BCUT2D eigenvalue weighted by molar-refractivity contribution is 5.78. The Bertz CT molecular complexity index is 209. The summed E-state index contributed by atoms with van der Waals surface area (Å²) in [5.41, 5.74) is 0.563. The molecule has 0 aliphatic rings. The molecular weight excluding hydrogens is 178 g/mol. The van der Waals surface area contributed by atoms with Gasteiger partial charge in [0.25, 0.3) is 0 Å². The first-order valence-electron chi connectivity index (χ1n) is 3.40. The molecule has 0 aliphatic heterocycles. The first-order chi connectivity index (χ1) is 6.07. The van der Waals surface area contributed by atoms with Gasteiger partial charge in [0.15, 0.2) is 0 Å². The van der Waals surface area contributed by atoms with Crippen LogP contribution in [0.1, 0.15) is 13.8 Å². The lowest BCUT2D eigenvalue weighted by atomic mass is 10.5. The van der Waals surface area contributed by atoms with Gasteiger partial charge in [-0.3, -0.25) is 0 Å². The van der Waals surface area contributed by atoms with Gasteiger partial charge in [-0.15, -0.1) is 4.89 Å². The number of hydrogen-bond acceptors (Lipinski definition) is 5. The van der Waals surface area contributed by atoms with Crippen LogP contribution in [0.2, 0.25) is 0 Å². The van der Waals surface area contributed by atoms with Gasteiger partial charge in [0.05, 0.1) is 5.71 Å². The van der Waals surface area contributed by atoms with E-state index in [2.05, 4.69) is 26.3 Å². The highest BCUT2D eigenvalue weighted by Gasteiger charge is 2.21. The van der Waals surface area contributed by atoms with Crippen molar-refractivity contribution < 1.29 is 24.5 Å². The molecule has 13 heavy (non-hydrogen) atoms. The molecule has 0 amide bonds. The zero-order chi connectivity index (χ0) is 10.3. The molecule has 0 radical (unpaired) electrons. The van der Waals surface area contributed by atoms with Crippen molar-refractivity contribution in [3.05, 3.63) is 12.8 Å².